The summed E-state index contributed by atoms with van der Waals surface area (Å²) in [4.78, 5) is 16.0. The van der Waals surface area contributed by atoms with E-state index in [9.17, 15) is 4.79 Å². The first-order chi connectivity index (χ1) is 16.5. The molecular formula is C30H31NO3. The SMILES string of the molecule is COc1ccc2c3c1O[C@@]1(C)C(=O)C=C[C@@]4(C/C=C/C=C/c5ccccc5)[C@@H](C2)N(C)CC[C@]314. The van der Waals surface area contributed by atoms with Gasteiger partial charge in [0.2, 0.25) is 0 Å². The van der Waals surface area contributed by atoms with Crippen LogP contribution in [0.25, 0.3) is 6.08 Å². The molecule has 2 aromatic rings. The van der Waals surface area contributed by atoms with Crippen molar-refractivity contribution in [3.63, 3.8) is 0 Å². The summed E-state index contributed by atoms with van der Waals surface area (Å²) in [6.07, 6.45) is 15.3. The Morgan fingerprint density at radius 2 is 2.00 bits per heavy atom. The van der Waals surface area contributed by atoms with E-state index in [0.29, 0.717) is 6.04 Å². The van der Waals surface area contributed by atoms with Crippen LogP contribution in [-0.2, 0) is 16.6 Å². The minimum atomic E-state index is -0.929. The van der Waals surface area contributed by atoms with E-state index >= 15 is 0 Å². The molecule has 2 bridgehead atoms. The molecule has 34 heavy (non-hydrogen) atoms. The van der Waals surface area contributed by atoms with Crippen LogP contribution in [0.15, 0.2) is 72.8 Å². The van der Waals surface area contributed by atoms with Crippen LogP contribution < -0.4 is 9.47 Å². The van der Waals surface area contributed by atoms with Gasteiger partial charge in [0.1, 0.15) is 0 Å². The van der Waals surface area contributed by atoms with Crippen LogP contribution in [0.1, 0.15) is 36.5 Å². The van der Waals surface area contributed by atoms with Gasteiger partial charge in [-0.25, -0.2) is 0 Å². The van der Waals surface area contributed by atoms with E-state index in [4.69, 9.17) is 9.47 Å². The van der Waals surface area contributed by atoms with Gasteiger partial charge in [-0.2, -0.15) is 0 Å². The topological polar surface area (TPSA) is 38.8 Å². The summed E-state index contributed by atoms with van der Waals surface area (Å²) in [5.74, 6) is 1.56. The molecule has 0 N–H and O–H groups in total. The first-order valence-electron chi connectivity index (χ1n) is 12.2. The summed E-state index contributed by atoms with van der Waals surface area (Å²) in [5, 5.41) is 0. The van der Waals surface area contributed by atoms with Gasteiger partial charge in [0, 0.05) is 17.0 Å². The van der Waals surface area contributed by atoms with Gasteiger partial charge in [0.15, 0.2) is 22.9 Å². The fourth-order valence-corrected chi connectivity index (χ4v) is 7.38. The number of ketones is 1. The Morgan fingerprint density at radius 1 is 1.18 bits per heavy atom. The molecule has 174 valence electrons. The number of hydrogen-bond donors (Lipinski definition) is 0. The molecule has 2 heterocycles. The van der Waals surface area contributed by atoms with Crippen LogP contribution in [0.2, 0.25) is 0 Å². The number of allylic oxidation sites excluding steroid dienone is 3. The minimum absolute atomic E-state index is 0.0606. The summed E-state index contributed by atoms with van der Waals surface area (Å²) in [7, 11) is 3.91. The van der Waals surface area contributed by atoms with Crippen LogP contribution in [0.4, 0.5) is 0 Å². The van der Waals surface area contributed by atoms with Crippen molar-refractivity contribution in [3.8, 4) is 11.5 Å². The zero-order valence-electron chi connectivity index (χ0n) is 20.1. The molecule has 1 spiro atoms. The minimum Gasteiger partial charge on any atom is -0.493 e. The van der Waals surface area contributed by atoms with E-state index in [0.717, 1.165) is 37.3 Å². The van der Waals surface area contributed by atoms with E-state index < -0.39 is 11.0 Å². The Kier molecular flexibility index (Phi) is 4.69. The van der Waals surface area contributed by atoms with Gasteiger partial charge in [-0.3, -0.25) is 4.79 Å². The highest BCUT2D eigenvalue weighted by molar-refractivity contribution is 6.02. The number of nitrogens with zero attached hydrogens (tertiary/aromatic N) is 1. The summed E-state index contributed by atoms with van der Waals surface area (Å²) < 4.78 is 12.4. The number of likely N-dealkylation sites (tertiary alicyclic amines) is 1. The molecular weight excluding hydrogens is 422 g/mol. The number of methoxy groups -OCH3 is 1. The van der Waals surface area contributed by atoms with Crippen molar-refractivity contribution < 1.29 is 14.3 Å². The van der Waals surface area contributed by atoms with E-state index in [1.807, 2.05) is 19.1 Å². The summed E-state index contributed by atoms with van der Waals surface area (Å²) in [6.45, 7) is 2.96. The number of hydrogen-bond acceptors (Lipinski definition) is 4. The Bertz CT molecular complexity index is 1250. The molecule has 0 radical (unpaired) electrons. The zero-order chi connectivity index (χ0) is 23.6. The third kappa shape index (κ3) is 2.55. The molecule has 4 heteroatoms. The molecule has 4 nitrogen and oxygen atoms in total. The van der Waals surface area contributed by atoms with Gasteiger partial charge in [-0.15, -0.1) is 0 Å². The lowest BCUT2D eigenvalue weighted by Gasteiger charge is -2.65. The summed E-state index contributed by atoms with van der Waals surface area (Å²) in [5.41, 5.74) is 2.12. The quantitative estimate of drug-likeness (QED) is 0.589. The maximum absolute atomic E-state index is 13.5. The lowest BCUT2D eigenvalue weighted by atomic mass is 9.41. The van der Waals surface area contributed by atoms with Gasteiger partial charge < -0.3 is 14.4 Å². The smallest absolute Gasteiger partial charge is 0.199 e. The van der Waals surface area contributed by atoms with Crippen molar-refractivity contribution in [3.05, 3.63) is 89.5 Å². The fraction of sp³-hybridized carbons (Fsp3) is 0.367. The van der Waals surface area contributed by atoms with Gasteiger partial charge >= 0.3 is 0 Å². The second kappa shape index (κ2) is 7.44. The second-order valence-electron chi connectivity index (χ2n) is 10.3. The lowest BCUT2D eigenvalue weighted by Crippen LogP contribution is -2.74. The van der Waals surface area contributed by atoms with Crippen LogP contribution >= 0.6 is 0 Å². The van der Waals surface area contributed by atoms with Crippen molar-refractivity contribution in [2.45, 2.75) is 43.2 Å². The fourth-order valence-electron chi connectivity index (χ4n) is 7.38. The number of piperidine rings is 1. The summed E-state index contributed by atoms with van der Waals surface area (Å²) >= 11 is 0. The predicted octanol–water partition coefficient (Wildman–Crippen LogP) is 5.13. The van der Waals surface area contributed by atoms with Crippen molar-refractivity contribution in [2.75, 3.05) is 20.7 Å². The van der Waals surface area contributed by atoms with Crippen molar-refractivity contribution in [2.24, 2.45) is 5.41 Å². The molecule has 0 amide bonds. The molecule has 4 aliphatic rings. The molecule has 2 aromatic carbocycles. The molecule has 2 aliphatic heterocycles. The Labute approximate surface area is 201 Å². The highest BCUT2D eigenvalue weighted by Crippen LogP contribution is 2.71. The highest BCUT2D eigenvalue weighted by Gasteiger charge is 2.76. The van der Waals surface area contributed by atoms with E-state index in [-0.39, 0.29) is 11.2 Å². The van der Waals surface area contributed by atoms with E-state index in [1.54, 1.807) is 13.2 Å². The number of benzene rings is 2. The predicted molar refractivity (Wildman–Crippen MR) is 134 cm³/mol. The molecule has 0 unspecified atom stereocenters. The third-order valence-electron chi connectivity index (χ3n) is 8.94. The Hall–Kier alpha value is -3.11. The van der Waals surface area contributed by atoms with Gasteiger partial charge in [0.25, 0.3) is 0 Å². The normalized spacial score (nSPS) is 33.4. The molecule has 1 fully saturated rings. The van der Waals surface area contributed by atoms with Crippen molar-refractivity contribution in [1.82, 2.24) is 4.90 Å². The average molecular weight is 454 g/mol. The molecule has 4 atom stereocenters. The maximum Gasteiger partial charge on any atom is 0.199 e. The lowest BCUT2D eigenvalue weighted by molar-refractivity contribution is -0.150. The Balaban J connectivity index is 1.48. The second-order valence-corrected chi connectivity index (χ2v) is 10.3. The van der Waals surface area contributed by atoms with E-state index in [1.165, 1.54) is 16.7 Å². The number of carbonyl (C=O) groups is 1. The zero-order valence-corrected chi connectivity index (χ0v) is 20.1. The summed E-state index contributed by atoms with van der Waals surface area (Å²) in [6, 6.07) is 14.8. The molecule has 2 aliphatic carbocycles. The van der Waals surface area contributed by atoms with Gasteiger partial charge in [0.05, 0.1) is 12.5 Å². The number of likely N-dealkylation sites (N-methyl/N-ethyl adjacent to an activating group) is 1. The first kappa shape index (κ1) is 21.4. The van der Waals surface area contributed by atoms with Gasteiger partial charge in [-0.1, -0.05) is 66.8 Å². The molecule has 6 rings (SSSR count). The number of rotatable bonds is 5. The van der Waals surface area contributed by atoms with Crippen LogP contribution in [-0.4, -0.2) is 43.0 Å². The van der Waals surface area contributed by atoms with Crippen LogP contribution in [0, 0.1) is 5.41 Å². The molecule has 0 saturated carbocycles. The van der Waals surface area contributed by atoms with Crippen molar-refractivity contribution >= 4 is 11.9 Å². The first-order valence-corrected chi connectivity index (χ1v) is 12.2. The van der Waals surface area contributed by atoms with Crippen LogP contribution in [0.5, 0.6) is 11.5 Å². The number of ether oxygens (including phenoxy) is 2. The Morgan fingerprint density at radius 3 is 2.79 bits per heavy atom. The van der Waals surface area contributed by atoms with E-state index in [2.05, 4.69) is 72.7 Å². The highest BCUT2D eigenvalue weighted by atomic mass is 16.5. The third-order valence-corrected chi connectivity index (χ3v) is 8.94. The molecule has 1 saturated heterocycles. The monoisotopic (exact) mass is 453 g/mol. The van der Waals surface area contributed by atoms with Crippen LogP contribution in [0.3, 0.4) is 0 Å². The van der Waals surface area contributed by atoms with Gasteiger partial charge in [-0.05, 0) is 63.0 Å². The standard InChI is InChI=1S/C30H31NO3/c1-28-25(32)15-17-29(16-9-5-8-12-21-10-6-4-7-11-21)24-20-22-13-14-23(33-3)27(34-28)26(22)30(28,29)18-19-31(24)2/h4-15,17,24H,16,18-20H2,1-3H3/b9-5+,12-8+/t24-,28+,29+,30+/m1/s1. The number of carbonyl (C=O) groups excluding carboxylic acids is 1. The average Bonchev–Trinajstić information content (AvgIpc) is 3.13. The molecule has 0 aromatic heterocycles. The maximum atomic E-state index is 13.5. The van der Waals surface area contributed by atoms with Crippen molar-refractivity contribution in [1.29, 1.82) is 0 Å². The largest absolute Gasteiger partial charge is 0.493 e.